The predicted molar refractivity (Wildman–Crippen MR) is 59.6 cm³/mol. The average Bonchev–Trinajstić information content (AvgIpc) is 2.66. The minimum absolute atomic E-state index is 0.128. The minimum Gasteiger partial charge on any atom is -0.374 e. The fraction of sp³-hybridized carbons (Fsp3) is 0.385. The first-order valence-electron chi connectivity index (χ1n) is 5.30. The molecule has 1 aromatic carbocycles. The number of ether oxygens (including phenoxy) is 2. The average molecular weight is 204 g/mol. The lowest BCUT2D eigenvalue weighted by molar-refractivity contribution is -0.00270. The van der Waals surface area contributed by atoms with Gasteiger partial charge in [0.1, 0.15) is 0 Å². The SMILES string of the molecule is C[C@@H]1C=C[C@H](COCc2ccccc2)O1. The molecule has 0 amide bonds. The van der Waals surface area contributed by atoms with Crippen molar-refractivity contribution in [2.24, 2.45) is 0 Å². The largest absolute Gasteiger partial charge is 0.374 e. The molecule has 2 nitrogen and oxygen atoms in total. The van der Waals surface area contributed by atoms with E-state index in [1.54, 1.807) is 0 Å². The Balaban J connectivity index is 1.70. The zero-order valence-electron chi connectivity index (χ0n) is 8.93. The van der Waals surface area contributed by atoms with Crippen molar-refractivity contribution in [2.45, 2.75) is 25.7 Å². The summed E-state index contributed by atoms with van der Waals surface area (Å²) in [6.45, 7) is 3.33. The van der Waals surface area contributed by atoms with Crippen molar-refractivity contribution in [1.82, 2.24) is 0 Å². The lowest BCUT2D eigenvalue weighted by atomic mass is 10.2. The summed E-state index contributed by atoms with van der Waals surface area (Å²) in [5.74, 6) is 0. The van der Waals surface area contributed by atoms with E-state index in [1.165, 1.54) is 5.56 Å². The summed E-state index contributed by atoms with van der Waals surface area (Å²) < 4.78 is 11.1. The molecule has 15 heavy (non-hydrogen) atoms. The van der Waals surface area contributed by atoms with Gasteiger partial charge in [-0.2, -0.15) is 0 Å². The Labute approximate surface area is 90.5 Å². The summed E-state index contributed by atoms with van der Waals surface area (Å²) >= 11 is 0. The highest BCUT2D eigenvalue weighted by atomic mass is 16.5. The van der Waals surface area contributed by atoms with E-state index in [-0.39, 0.29) is 12.2 Å². The summed E-state index contributed by atoms with van der Waals surface area (Å²) in [5, 5.41) is 0. The number of benzene rings is 1. The van der Waals surface area contributed by atoms with E-state index in [2.05, 4.69) is 24.3 Å². The van der Waals surface area contributed by atoms with Crippen LogP contribution in [-0.2, 0) is 16.1 Å². The van der Waals surface area contributed by atoms with Crippen molar-refractivity contribution in [3.8, 4) is 0 Å². The van der Waals surface area contributed by atoms with Crippen LogP contribution >= 0.6 is 0 Å². The lowest BCUT2D eigenvalue weighted by Gasteiger charge is -2.11. The van der Waals surface area contributed by atoms with Crippen LogP contribution in [0.3, 0.4) is 0 Å². The molecule has 2 heteroatoms. The zero-order chi connectivity index (χ0) is 10.5. The number of hydrogen-bond donors (Lipinski definition) is 0. The Morgan fingerprint density at radius 3 is 2.67 bits per heavy atom. The highest BCUT2D eigenvalue weighted by Gasteiger charge is 2.14. The standard InChI is InChI=1S/C13H16O2/c1-11-7-8-13(15-11)10-14-9-12-5-3-2-4-6-12/h2-8,11,13H,9-10H2,1H3/t11-,13-/m1/s1. The van der Waals surface area contributed by atoms with Crippen LogP contribution in [0.25, 0.3) is 0 Å². The third kappa shape index (κ3) is 3.18. The van der Waals surface area contributed by atoms with Crippen LogP contribution < -0.4 is 0 Å². The summed E-state index contributed by atoms with van der Waals surface area (Å²) in [6, 6.07) is 10.2. The van der Waals surface area contributed by atoms with Gasteiger partial charge in [0.2, 0.25) is 0 Å². The summed E-state index contributed by atoms with van der Waals surface area (Å²) in [4.78, 5) is 0. The molecule has 0 N–H and O–H groups in total. The van der Waals surface area contributed by atoms with Gasteiger partial charge in [0, 0.05) is 0 Å². The van der Waals surface area contributed by atoms with Gasteiger partial charge in [0.05, 0.1) is 25.4 Å². The van der Waals surface area contributed by atoms with E-state index < -0.39 is 0 Å². The number of rotatable bonds is 4. The van der Waals surface area contributed by atoms with E-state index in [4.69, 9.17) is 9.47 Å². The van der Waals surface area contributed by atoms with Crippen molar-refractivity contribution in [2.75, 3.05) is 6.61 Å². The van der Waals surface area contributed by atoms with Crippen LogP contribution in [0.2, 0.25) is 0 Å². The second-order valence-corrected chi connectivity index (χ2v) is 3.77. The predicted octanol–water partition coefficient (Wildman–Crippen LogP) is 2.55. The van der Waals surface area contributed by atoms with Crippen molar-refractivity contribution in [3.05, 3.63) is 48.0 Å². The molecule has 0 spiro atoms. The maximum atomic E-state index is 5.58. The monoisotopic (exact) mass is 204 g/mol. The third-order valence-electron chi connectivity index (χ3n) is 2.38. The first-order chi connectivity index (χ1) is 7.34. The van der Waals surface area contributed by atoms with Gasteiger partial charge in [-0.05, 0) is 12.5 Å². The normalized spacial score (nSPS) is 24.6. The summed E-state index contributed by atoms with van der Waals surface area (Å²) in [7, 11) is 0. The molecule has 0 unspecified atom stereocenters. The Bertz CT molecular complexity index is 319. The van der Waals surface area contributed by atoms with Gasteiger partial charge in [0.15, 0.2) is 0 Å². The first kappa shape index (κ1) is 10.4. The van der Waals surface area contributed by atoms with Gasteiger partial charge in [-0.1, -0.05) is 42.5 Å². The molecule has 1 aromatic rings. The number of hydrogen-bond acceptors (Lipinski definition) is 2. The lowest BCUT2D eigenvalue weighted by Crippen LogP contribution is -2.16. The van der Waals surface area contributed by atoms with E-state index >= 15 is 0 Å². The molecule has 0 saturated heterocycles. The zero-order valence-corrected chi connectivity index (χ0v) is 8.93. The van der Waals surface area contributed by atoms with Gasteiger partial charge in [-0.25, -0.2) is 0 Å². The topological polar surface area (TPSA) is 18.5 Å². The molecular formula is C13H16O2. The van der Waals surface area contributed by atoms with Gasteiger partial charge < -0.3 is 9.47 Å². The van der Waals surface area contributed by atoms with Crippen molar-refractivity contribution in [3.63, 3.8) is 0 Å². The Hall–Kier alpha value is -1.12. The maximum Gasteiger partial charge on any atom is 0.0998 e. The third-order valence-corrected chi connectivity index (χ3v) is 2.38. The molecular weight excluding hydrogens is 188 g/mol. The van der Waals surface area contributed by atoms with E-state index in [1.807, 2.05) is 25.1 Å². The smallest absolute Gasteiger partial charge is 0.0998 e. The second-order valence-electron chi connectivity index (χ2n) is 3.77. The molecule has 0 aromatic heterocycles. The molecule has 80 valence electrons. The van der Waals surface area contributed by atoms with Crippen LogP contribution in [-0.4, -0.2) is 18.8 Å². The quantitative estimate of drug-likeness (QED) is 0.702. The molecule has 0 bridgehead atoms. The van der Waals surface area contributed by atoms with E-state index in [0.29, 0.717) is 13.2 Å². The molecule has 2 rings (SSSR count). The molecule has 0 aliphatic carbocycles. The van der Waals surface area contributed by atoms with Crippen LogP contribution in [0.5, 0.6) is 0 Å². The van der Waals surface area contributed by atoms with Crippen LogP contribution in [0, 0.1) is 0 Å². The fourth-order valence-electron chi connectivity index (χ4n) is 1.61. The molecule has 1 aliphatic rings. The van der Waals surface area contributed by atoms with Crippen molar-refractivity contribution >= 4 is 0 Å². The molecule has 1 aliphatic heterocycles. The molecule has 0 radical (unpaired) electrons. The Morgan fingerprint density at radius 2 is 2.00 bits per heavy atom. The van der Waals surface area contributed by atoms with Crippen molar-refractivity contribution < 1.29 is 9.47 Å². The molecule has 0 saturated carbocycles. The van der Waals surface area contributed by atoms with E-state index in [9.17, 15) is 0 Å². The minimum atomic E-state index is 0.128. The summed E-state index contributed by atoms with van der Waals surface area (Å²) in [6.07, 6.45) is 4.49. The molecule has 2 atom stereocenters. The fourth-order valence-corrected chi connectivity index (χ4v) is 1.61. The highest BCUT2D eigenvalue weighted by molar-refractivity contribution is 5.13. The van der Waals surface area contributed by atoms with Gasteiger partial charge in [-0.15, -0.1) is 0 Å². The van der Waals surface area contributed by atoms with Crippen LogP contribution in [0.1, 0.15) is 12.5 Å². The highest BCUT2D eigenvalue weighted by Crippen LogP contribution is 2.11. The molecule has 0 fully saturated rings. The molecule has 1 heterocycles. The van der Waals surface area contributed by atoms with Crippen LogP contribution in [0.15, 0.2) is 42.5 Å². The summed E-state index contributed by atoms with van der Waals surface area (Å²) in [5.41, 5.74) is 1.20. The first-order valence-corrected chi connectivity index (χ1v) is 5.30. The van der Waals surface area contributed by atoms with Crippen molar-refractivity contribution in [1.29, 1.82) is 0 Å². The van der Waals surface area contributed by atoms with E-state index in [0.717, 1.165) is 0 Å². The van der Waals surface area contributed by atoms with Gasteiger partial charge >= 0.3 is 0 Å². The maximum absolute atomic E-state index is 5.58. The van der Waals surface area contributed by atoms with Gasteiger partial charge in [0.25, 0.3) is 0 Å². The second kappa shape index (κ2) is 5.10. The Kier molecular flexibility index (Phi) is 3.54. The Morgan fingerprint density at radius 1 is 1.20 bits per heavy atom. The van der Waals surface area contributed by atoms with Crippen LogP contribution in [0.4, 0.5) is 0 Å². The van der Waals surface area contributed by atoms with Gasteiger partial charge in [-0.3, -0.25) is 0 Å².